The van der Waals surface area contributed by atoms with Gasteiger partial charge in [0.1, 0.15) is 20.2 Å². The first-order chi connectivity index (χ1) is 42.9. The molecule has 0 saturated carbocycles. The minimum absolute atomic E-state index is 0. The van der Waals surface area contributed by atoms with Crippen molar-refractivity contribution in [1.82, 2.24) is 0 Å². The molecule has 0 fully saturated rings. The molecule has 0 saturated heterocycles. The Kier molecular flexibility index (Phi) is 52.8. The van der Waals surface area contributed by atoms with Crippen molar-refractivity contribution >= 4 is 90.7 Å². The standard InChI is InChI=1S/2C40H68O3S.Ba/c2*1-3-5-7-9-11-13-15-17-19-21-23-25-27-29-36-31-34-39-38(35-36)33-32-37(40(39)44(41,42)43)30-28-26-24-22-20-18-16-14-12-10-8-6-4-2;/h2*31-35H,3-30H2,1-2H3,(H,41,42,43);/q;;+2/p-2. The molecule has 9 heteroatoms. The average molecular weight is 1390 g/mol. The van der Waals surface area contributed by atoms with E-state index in [1.165, 1.54) is 306 Å². The van der Waals surface area contributed by atoms with E-state index >= 15 is 0 Å². The monoisotopic (exact) mass is 1390 g/mol. The summed E-state index contributed by atoms with van der Waals surface area (Å²) in [6.45, 7) is 9.08. The Labute approximate surface area is 591 Å². The summed E-state index contributed by atoms with van der Waals surface area (Å²) in [6, 6.07) is 19.9. The van der Waals surface area contributed by atoms with Gasteiger partial charge in [0.25, 0.3) is 0 Å². The van der Waals surface area contributed by atoms with Crippen LogP contribution in [-0.4, -0.2) is 74.8 Å². The third kappa shape index (κ3) is 41.4. The van der Waals surface area contributed by atoms with Gasteiger partial charge in [0.05, 0.1) is 9.79 Å². The molecular formula is C80H134BaO6S2. The van der Waals surface area contributed by atoms with Crippen molar-refractivity contribution in [2.75, 3.05) is 0 Å². The predicted molar refractivity (Wildman–Crippen MR) is 387 cm³/mol. The second-order valence-corrected chi connectivity index (χ2v) is 29.7. The molecular weight excluding hydrogens is 1260 g/mol. The largest absolute Gasteiger partial charge is 2.00 e. The summed E-state index contributed by atoms with van der Waals surface area (Å²) in [5, 5.41) is 2.95. The van der Waals surface area contributed by atoms with E-state index in [1.807, 2.05) is 48.5 Å². The van der Waals surface area contributed by atoms with Crippen LogP contribution in [0.4, 0.5) is 0 Å². The molecule has 89 heavy (non-hydrogen) atoms. The maximum absolute atomic E-state index is 12.3. The fraction of sp³-hybridized carbons (Fsp3) is 0.750. The van der Waals surface area contributed by atoms with Crippen molar-refractivity contribution in [2.24, 2.45) is 0 Å². The summed E-state index contributed by atoms with van der Waals surface area (Å²) in [4.78, 5) is 0.0305. The van der Waals surface area contributed by atoms with Crippen molar-refractivity contribution in [2.45, 2.75) is 397 Å². The fourth-order valence-corrected chi connectivity index (χ4v) is 15.3. The van der Waals surface area contributed by atoms with Crippen LogP contribution in [0.15, 0.2) is 70.5 Å². The molecule has 0 N–H and O–H groups in total. The van der Waals surface area contributed by atoms with Gasteiger partial charge in [0, 0.05) is 0 Å². The molecule has 0 aromatic heterocycles. The number of hydrogen-bond donors (Lipinski definition) is 0. The molecule has 0 atom stereocenters. The zero-order valence-corrected chi connectivity index (χ0v) is 64.4. The second kappa shape index (κ2) is 56.0. The van der Waals surface area contributed by atoms with Gasteiger partial charge in [-0.3, -0.25) is 0 Å². The van der Waals surface area contributed by atoms with Crippen molar-refractivity contribution < 1.29 is 25.9 Å². The van der Waals surface area contributed by atoms with Crippen LogP contribution >= 0.6 is 0 Å². The minimum atomic E-state index is -4.53. The van der Waals surface area contributed by atoms with E-state index in [4.69, 9.17) is 0 Å². The van der Waals surface area contributed by atoms with E-state index in [-0.39, 0.29) is 58.7 Å². The van der Waals surface area contributed by atoms with Gasteiger partial charge in [0.15, 0.2) is 0 Å². The molecule has 504 valence electrons. The summed E-state index contributed by atoms with van der Waals surface area (Å²) in [5.74, 6) is 0. The molecule has 0 amide bonds. The summed E-state index contributed by atoms with van der Waals surface area (Å²) in [7, 11) is -9.06. The van der Waals surface area contributed by atoms with Crippen LogP contribution in [0.1, 0.15) is 384 Å². The molecule has 0 aliphatic heterocycles. The Morgan fingerprint density at radius 3 is 0.640 bits per heavy atom. The maximum Gasteiger partial charge on any atom is 2.00 e. The van der Waals surface area contributed by atoms with Gasteiger partial charge in [-0.2, -0.15) is 0 Å². The van der Waals surface area contributed by atoms with Gasteiger partial charge in [-0.1, -0.05) is 397 Å². The topological polar surface area (TPSA) is 114 Å². The zero-order chi connectivity index (χ0) is 63.4. The van der Waals surface area contributed by atoms with Gasteiger partial charge in [0.2, 0.25) is 0 Å². The van der Waals surface area contributed by atoms with Crippen LogP contribution in [0.3, 0.4) is 0 Å². The Hall–Kier alpha value is -1.21. The van der Waals surface area contributed by atoms with Crippen molar-refractivity contribution in [3.05, 3.63) is 82.9 Å². The van der Waals surface area contributed by atoms with Crippen LogP contribution in [0.5, 0.6) is 0 Å². The van der Waals surface area contributed by atoms with Gasteiger partial charge in [-0.25, -0.2) is 16.8 Å². The zero-order valence-electron chi connectivity index (χ0n) is 58.3. The molecule has 0 unspecified atom stereocenters. The van der Waals surface area contributed by atoms with Crippen LogP contribution in [-0.2, 0) is 45.9 Å². The number of hydrogen-bond acceptors (Lipinski definition) is 6. The Balaban J connectivity index is 0.000000600. The van der Waals surface area contributed by atoms with E-state index in [9.17, 15) is 25.9 Å². The number of benzene rings is 4. The van der Waals surface area contributed by atoms with Gasteiger partial charge < -0.3 is 9.11 Å². The molecule has 0 aliphatic carbocycles. The predicted octanol–water partition coefficient (Wildman–Crippen LogP) is 25.6. The molecule has 0 bridgehead atoms. The Bertz CT molecular complexity index is 2370. The fourth-order valence-electron chi connectivity index (χ4n) is 13.4. The number of unbranched alkanes of at least 4 members (excludes halogenated alkanes) is 48. The summed E-state index contributed by atoms with van der Waals surface area (Å²) in [5.41, 5.74) is 3.86. The van der Waals surface area contributed by atoms with Gasteiger partial charge in [-0.05, 0) is 95.2 Å². The molecule has 4 aromatic carbocycles. The minimum Gasteiger partial charge on any atom is -0.744 e. The Morgan fingerprint density at radius 1 is 0.247 bits per heavy atom. The van der Waals surface area contributed by atoms with E-state index in [1.54, 1.807) is 0 Å². The van der Waals surface area contributed by atoms with Crippen LogP contribution < -0.4 is 0 Å². The molecule has 4 rings (SSSR count). The van der Waals surface area contributed by atoms with Crippen LogP contribution in [0.2, 0.25) is 0 Å². The van der Waals surface area contributed by atoms with Crippen molar-refractivity contribution in [3.8, 4) is 0 Å². The normalized spacial score (nSPS) is 11.8. The summed E-state index contributed by atoms with van der Waals surface area (Å²) in [6.07, 6.45) is 71.8. The first-order valence-electron chi connectivity index (χ1n) is 37.9. The number of aryl methyl sites for hydroxylation is 4. The van der Waals surface area contributed by atoms with E-state index in [0.717, 1.165) is 62.1 Å². The van der Waals surface area contributed by atoms with Crippen LogP contribution in [0, 0.1) is 0 Å². The van der Waals surface area contributed by atoms with Gasteiger partial charge >= 0.3 is 48.9 Å². The molecule has 0 spiro atoms. The quantitative estimate of drug-likeness (QED) is 0.0247. The average Bonchev–Trinajstić information content (AvgIpc) is 3.61. The van der Waals surface area contributed by atoms with Gasteiger partial charge in [-0.15, -0.1) is 0 Å². The molecule has 4 aromatic rings. The van der Waals surface area contributed by atoms with Crippen molar-refractivity contribution in [1.29, 1.82) is 0 Å². The third-order valence-corrected chi connectivity index (χ3v) is 20.9. The number of fused-ring (bicyclic) bond motifs is 2. The third-order valence-electron chi connectivity index (χ3n) is 19.0. The maximum atomic E-state index is 12.3. The SMILES string of the molecule is CCCCCCCCCCCCCCCc1ccc2c(S(=O)(=O)[O-])c(CCCCCCCCCCCCCCC)ccc2c1.CCCCCCCCCCCCCCCc1ccc2c(S(=O)(=O)[O-])c(CCCCCCCCCCCCCCC)ccc2c1.[Ba+2]. The van der Waals surface area contributed by atoms with E-state index in [0.29, 0.717) is 34.7 Å². The van der Waals surface area contributed by atoms with E-state index < -0.39 is 20.2 Å². The van der Waals surface area contributed by atoms with E-state index in [2.05, 4.69) is 39.8 Å². The summed E-state index contributed by atoms with van der Waals surface area (Å²) < 4.78 is 74.0. The first kappa shape index (κ1) is 83.9. The second-order valence-electron chi connectivity index (χ2n) is 27.1. The molecule has 0 radical (unpaired) electrons. The summed E-state index contributed by atoms with van der Waals surface area (Å²) >= 11 is 0. The Morgan fingerprint density at radius 2 is 0.438 bits per heavy atom. The van der Waals surface area contributed by atoms with Crippen LogP contribution in [0.25, 0.3) is 21.5 Å². The first-order valence-corrected chi connectivity index (χ1v) is 40.8. The molecule has 6 nitrogen and oxygen atoms in total. The smallest absolute Gasteiger partial charge is 0.744 e. The number of rotatable bonds is 58. The van der Waals surface area contributed by atoms with Crippen molar-refractivity contribution in [3.63, 3.8) is 0 Å². The molecule has 0 aliphatic rings. The molecule has 0 heterocycles.